The van der Waals surface area contributed by atoms with Crippen molar-refractivity contribution >= 4 is 19.6 Å². The number of aliphatic hydroxyl groups is 1. The molecule has 1 saturated heterocycles. The van der Waals surface area contributed by atoms with E-state index in [0.29, 0.717) is 28.3 Å². The Balaban J connectivity index is 0.000000752. The number of ether oxygens (including phenoxy) is 1. The predicted octanol–water partition coefficient (Wildman–Crippen LogP) is -6.79. The van der Waals surface area contributed by atoms with Crippen molar-refractivity contribution in [1.82, 2.24) is 25.2 Å². The quantitative estimate of drug-likeness (QED) is 0.250. The second-order valence-electron chi connectivity index (χ2n) is 6.47. The first kappa shape index (κ1) is 30.7. The maximum atomic E-state index is 14.6. The van der Waals surface area contributed by atoms with E-state index in [-0.39, 0.29) is 72.3 Å². The van der Waals surface area contributed by atoms with E-state index in [1.54, 1.807) is 31.3 Å². The predicted molar refractivity (Wildman–Crippen MR) is 102 cm³/mol. The van der Waals surface area contributed by atoms with E-state index in [1.807, 2.05) is 0 Å². The summed E-state index contributed by atoms with van der Waals surface area (Å²) in [5.74, 6) is -0.120. The molecule has 17 heteroatoms. The fraction of sp³-hybridized carbons (Fsp3) is 0.235. The van der Waals surface area contributed by atoms with Crippen molar-refractivity contribution in [2.75, 3.05) is 18.1 Å². The molecule has 0 aliphatic carbocycles. The molecule has 2 aromatic heterocycles. The maximum absolute atomic E-state index is 14.6. The molecule has 1 fully saturated rings. The summed E-state index contributed by atoms with van der Waals surface area (Å²) < 4.78 is 28.3. The van der Waals surface area contributed by atoms with Crippen LogP contribution in [0, 0.1) is 5.82 Å². The average Bonchev–Trinajstić information content (AvgIpc) is 3.32. The van der Waals surface area contributed by atoms with E-state index in [0.717, 1.165) is 0 Å². The number of carbonyl (C=O) groups is 1. The Bertz CT molecular complexity index is 1160. The number of tetrazole rings is 1. The van der Waals surface area contributed by atoms with Gasteiger partial charge < -0.3 is 29.1 Å². The number of aliphatic hydroxyl groups excluding tert-OH is 1. The number of hydrogen-bond donors (Lipinski definition) is 2. The van der Waals surface area contributed by atoms with E-state index in [4.69, 9.17) is 29.1 Å². The van der Waals surface area contributed by atoms with Crippen molar-refractivity contribution in [2.24, 2.45) is 7.05 Å². The van der Waals surface area contributed by atoms with E-state index in [1.165, 1.54) is 22.0 Å². The van der Waals surface area contributed by atoms with E-state index < -0.39 is 25.8 Å². The first-order valence-electron chi connectivity index (χ1n) is 8.89. The van der Waals surface area contributed by atoms with Crippen LogP contribution in [0.15, 0.2) is 36.5 Å². The zero-order chi connectivity index (χ0) is 23.5. The zero-order valence-corrected chi connectivity index (χ0v) is 23.3. The summed E-state index contributed by atoms with van der Waals surface area (Å²) in [5.41, 5.74) is 1.81. The fourth-order valence-electron chi connectivity index (χ4n) is 2.81. The van der Waals surface area contributed by atoms with Gasteiger partial charge in [0.2, 0.25) is 5.82 Å². The molecule has 0 unspecified atom stereocenters. The van der Waals surface area contributed by atoms with Crippen molar-refractivity contribution in [2.45, 2.75) is 6.10 Å². The van der Waals surface area contributed by atoms with Gasteiger partial charge in [0, 0.05) is 17.3 Å². The fourth-order valence-corrected chi connectivity index (χ4v) is 2.81. The third-order valence-electron chi connectivity index (χ3n) is 4.15. The maximum Gasteiger partial charge on any atom is 1.00 e. The SMILES string of the molecule is Cn1nnc(-c2ccc(-c3ccc(N4C[C@H](CO)OC4=O)cc3F)cn2)n1.O=P([O-])([O-])O.[Na+].[Na+]. The molecule has 1 aromatic carbocycles. The van der Waals surface area contributed by atoms with Gasteiger partial charge in [0.25, 0.3) is 0 Å². The number of amides is 1. The number of hydrogen-bond acceptors (Lipinski definition) is 10. The molecule has 1 aliphatic rings. The number of pyridine rings is 1. The summed E-state index contributed by atoms with van der Waals surface area (Å²) in [6, 6.07) is 7.85. The Morgan fingerprint density at radius 3 is 2.41 bits per heavy atom. The zero-order valence-electron chi connectivity index (χ0n) is 18.4. The number of cyclic esters (lactones) is 1. The van der Waals surface area contributed by atoms with Gasteiger partial charge in [-0.2, -0.15) is 4.80 Å². The van der Waals surface area contributed by atoms with E-state index in [2.05, 4.69) is 20.4 Å². The van der Waals surface area contributed by atoms with Crippen LogP contribution < -0.4 is 73.8 Å². The van der Waals surface area contributed by atoms with Crippen LogP contribution in [0.3, 0.4) is 0 Å². The number of aromatic nitrogens is 5. The summed E-state index contributed by atoms with van der Waals surface area (Å²) in [7, 11) is -3.49. The van der Waals surface area contributed by atoms with Crippen LogP contribution in [0.5, 0.6) is 0 Å². The van der Waals surface area contributed by atoms with Gasteiger partial charge >= 0.3 is 65.2 Å². The minimum absolute atomic E-state index is 0. The molecule has 0 radical (unpaired) electrons. The summed E-state index contributed by atoms with van der Waals surface area (Å²) in [4.78, 5) is 43.0. The Morgan fingerprint density at radius 1 is 1.26 bits per heavy atom. The van der Waals surface area contributed by atoms with Crippen LogP contribution in [0.25, 0.3) is 22.6 Å². The molecule has 170 valence electrons. The molecular formula is C17H16FN6Na2O7P. The second kappa shape index (κ2) is 13.1. The molecule has 1 atom stereocenters. The largest absolute Gasteiger partial charge is 1.00 e. The minimum Gasteiger partial charge on any atom is -0.790 e. The molecule has 3 heterocycles. The van der Waals surface area contributed by atoms with Gasteiger partial charge in [-0.1, -0.05) is 6.07 Å². The number of halogens is 1. The van der Waals surface area contributed by atoms with Crippen LogP contribution in [0.4, 0.5) is 14.9 Å². The van der Waals surface area contributed by atoms with Gasteiger partial charge in [0.05, 0.1) is 33.7 Å². The molecule has 3 aromatic rings. The number of benzene rings is 1. The number of rotatable bonds is 4. The number of aryl methyl sites for hydroxylation is 1. The minimum atomic E-state index is -5.14. The van der Waals surface area contributed by atoms with Crippen molar-refractivity contribution < 1.29 is 97.4 Å². The Hall–Kier alpha value is -1.29. The van der Waals surface area contributed by atoms with Crippen molar-refractivity contribution in [3.63, 3.8) is 0 Å². The number of carbonyl (C=O) groups excluding carboxylic acids is 1. The molecular weight excluding hydrogens is 496 g/mol. The van der Waals surface area contributed by atoms with Gasteiger partial charge in [-0.05, 0) is 29.5 Å². The third-order valence-corrected chi connectivity index (χ3v) is 4.15. The smallest absolute Gasteiger partial charge is 0.790 e. The number of anilines is 1. The normalized spacial score (nSPS) is 14.9. The topological polar surface area (TPSA) is 190 Å². The summed E-state index contributed by atoms with van der Waals surface area (Å²) in [5, 5.41) is 20.8. The monoisotopic (exact) mass is 512 g/mol. The molecule has 13 nitrogen and oxygen atoms in total. The Labute approximate surface area is 236 Å². The summed E-state index contributed by atoms with van der Waals surface area (Å²) in [6.45, 7) is -0.100. The standard InChI is InChI=1S/C17H15FN6O3.2Na.H3O4P/c1-23-21-16(20-22-23)15-5-2-10(7-19-15)13-4-3-11(6-14(13)18)24-8-12(9-25)27-17(24)26;;;1-5(2,3)4/h2-7,12,25H,8-9H2,1H3;;;(H3,1,2,3,4)/q;2*+1;/p-2/t12-;;;/m1.../s1. The molecule has 0 spiro atoms. The van der Waals surface area contributed by atoms with Crippen LogP contribution in [0.1, 0.15) is 0 Å². The third kappa shape index (κ3) is 8.43. The molecule has 1 aliphatic heterocycles. The first-order valence-corrected chi connectivity index (χ1v) is 10.4. The number of nitrogens with zero attached hydrogens (tertiary/aromatic N) is 6. The Morgan fingerprint density at radius 2 is 1.94 bits per heavy atom. The van der Waals surface area contributed by atoms with Crippen LogP contribution in [-0.4, -0.2) is 60.5 Å². The molecule has 1 amide bonds. The van der Waals surface area contributed by atoms with Crippen molar-refractivity contribution in [3.8, 4) is 22.6 Å². The molecule has 0 saturated carbocycles. The number of phosphoric acid groups is 1. The van der Waals surface area contributed by atoms with Gasteiger partial charge in [0.1, 0.15) is 17.6 Å². The Kier molecular flexibility index (Phi) is 11.9. The first-order chi connectivity index (χ1) is 15.0. The second-order valence-corrected chi connectivity index (χ2v) is 7.40. The van der Waals surface area contributed by atoms with Gasteiger partial charge in [-0.25, -0.2) is 9.18 Å². The summed E-state index contributed by atoms with van der Waals surface area (Å²) in [6.07, 6.45) is 0.311. The molecule has 4 rings (SSSR count). The van der Waals surface area contributed by atoms with Gasteiger partial charge in [0.15, 0.2) is 0 Å². The molecule has 2 N–H and O–H groups in total. The van der Waals surface area contributed by atoms with Crippen LogP contribution in [-0.2, 0) is 16.3 Å². The van der Waals surface area contributed by atoms with Gasteiger partial charge in [-0.15, -0.1) is 10.2 Å². The average molecular weight is 512 g/mol. The van der Waals surface area contributed by atoms with Crippen molar-refractivity contribution in [1.29, 1.82) is 0 Å². The molecule has 0 bridgehead atoms. The molecule has 34 heavy (non-hydrogen) atoms. The van der Waals surface area contributed by atoms with E-state index >= 15 is 0 Å². The summed E-state index contributed by atoms with van der Waals surface area (Å²) >= 11 is 0. The van der Waals surface area contributed by atoms with Crippen LogP contribution in [0.2, 0.25) is 0 Å². The van der Waals surface area contributed by atoms with Gasteiger partial charge in [-0.3, -0.25) is 9.88 Å². The van der Waals surface area contributed by atoms with Crippen molar-refractivity contribution in [3.05, 3.63) is 42.3 Å². The van der Waals surface area contributed by atoms with E-state index in [9.17, 15) is 9.18 Å². The van der Waals surface area contributed by atoms with Crippen LogP contribution >= 0.6 is 7.82 Å².